The van der Waals surface area contributed by atoms with Gasteiger partial charge in [0.05, 0.1) is 12.1 Å². The fourth-order valence-electron chi connectivity index (χ4n) is 4.54. The van der Waals surface area contributed by atoms with Crippen LogP contribution in [0.4, 0.5) is 5.69 Å². The zero-order chi connectivity index (χ0) is 15.3. The van der Waals surface area contributed by atoms with Crippen molar-refractivity contribution in [3.8, 4) is 0 Å². The van der Waals surface area contributed by atoms with Crippen LogP contribution in [-0.4, -0.2) is 24.7 Å². The predicted octanol–water partition coefficient (Wildman–Crippen LogP) is 3.33. The number of ether oxygens (including phenoxy) is 1. The molecule has 0 spiro atoms. The Labute approximate surface area is 155 Å². The number of aryl methyl sites for hydroxylation is 2. The van der Waals surface area contributed by atoms with Gasteiger partial charge in [0, 0.05) is 23.6 Å². The Balaban J connectivity index is 0.00000156. The SMILES string of the molecule is CC1(C)C(N=C(N)Nc2ccc3c(c2)CCC3)C2CCOC21.I. The molecule has 1 heterocycles. The number of nitrogens with zero attached hydrogens (tertiary/aromatic N) is 1. The van der Waals surface area contributed by atoms with Gasteiger partial charge in [0.1, 0.15) is 0 Å². The highest BCUT2D eigenvalue weighted by atomic mass is 127. The first-order valence-corrected chi connectivity index (χ1v) is 8.39. The molecule has 0 aromatic heterocycles. The fourth-order valence-corrected chi connectivity index (χ4v) is 4.54. The Morgan fingerprint density at radius 3 is 2.91 bits per heavy atom. The second kappa shape index (κ2) is 6.24. The normalized spacial score (nSPS) is 30.9. The maximum Gasteiger partial charge on any atom is 0.193 e. The lowest BCUT2D eigenvalue weighted by Crippen LogP contribution is -2.59. The maximum absolute atomic E-state index is 6.16. The largest absolute Gasteiger partial charge is 0.377 e. The molecule has 1 saturated carbocycles. The molecule has 3 atom stereocenters. The van der Waals surface area contributed by atoms with E-state index in [0.29, 0.717) is 18.0 Å². The Morgan fingerprint density at radius 2 is 2.09 bits per heavy atom. The highest BCUT2D eigenvalue weighted by molar-refractivity contribution is 14.0. The quantitative estimate of drug-likeness (QED) is 0.433. The van der Waals surface area contributed by atoms with Gasteiger partial charge in [-0.25, -0.2) is 4.99 Å². The highest BCUT2D eigenvalue weighted by Gasteiger charge is 2.59. The first kappa shape index (κ1) is 17.0. The molecule has 126 valence electrons. The summed E-state index contributed by atoms with van der Waals surface area (Å²) in [5.41, 5.74) is 10.2. The van der Waals surface area contributed by atoms with Gasteiger partial charge in [-0.1, -0.05) is 19.9 Å². The third kappa shape index (κ3) is 2.86. The molecule has 1 aromatic carbocycles. The van der Waals surface area contributed by atoms with Crippen molar-refractivity contribution in [2.24, 2.45) is 22.1 Å². The first-order chi connectivity index (χ1) is 10.6. The number of benzene rings is 1. The van der Waals surface area contributed by atoms with E-state index in [9.17, 15) is 0 Å². The Bertz CT molecular complexity index is 629. The zero-order valence-corrected chi connectivity index (χ0v) is 16.2. The van der Waals surface area contributed by atoms with Crippen LogP contribution < -0.4 is 11.1 Å². The molecule has 4 nitrogen and oxygen atoms in total. The Kier molecular flexibility index (Phi) is 4.62. The average molecular weight is 427 g/mol. The van der Waals surface area contributed by atoms with E-state index in [-0.39, 0.29) is 35.4 Å². The lowest BCUT2D eigenvalue weighted by Gasteiger charge is -2.52. The Hall–Kier alpha value is -0.820. The number of nitrogens with two attached hydrogens (primary N) is 1. The van der Waals surface area contributed by atoms with Crippen LogP contribution in [0, 0.1) is 11.3 Å². The molecule has 0 bridgehead atoms. The molecule has 3 N–H and O–H groups in total. The fraction of sp³-hybridized carbons (Fsp3) is 0.611. The number of guanidine groups is 1. The van der Waals surface area contributed by atoms with Gasteiger partial charge in [0.2, 0.25) is 0 Å². The summed E-state index contributed by atoms with van der Waals surface area (Å²) in [6, 6.07) is 6.81. The van der Waals surface area contributed by atoms with Crippen molar-refractivity contribution in [3.63, 3.8) is 0 Å². The molecule has 3 aliphatic rings. The third-order valence-electron chi connectivity index (χ3n) is 5.69. The van der Waals surface area contributed by atoms with Crippen LogP contribution >= 0.6 is 24.0 Å². The summed E-state index contributed by atoms with van der Waals surface area (Å²) in [6.07, 6.45) is 5.11. The number of halogens is 1. The minimum Gasteiger partial charge on any atom is -0.377 e. The van der Waals surface area contributed by atoms with Crippen LogP contribution in [-0.2, 0) is 17.6 Å². The molecule has 4 rings (SSSR count). The predicted molar refractivity (Wildman–Crippen MR) is 105 cm³/mol. The Morgan fingerprint density at radius 1 is 1.30 bits per heavy atom. The summed E-state index contributed by atoms with van der Waals surface area (Å²) in [5, 5.41) is 3.28. The lowest BCUT2D eigenvalue weighted by molar-refractivity contribution is -0.0985. The third-order valence-corrected chi connectivity index (χ3v) is 5.69. The minimum atomic E-state index is 0. The van der Waals surface area contributed by atoms with Crippen molar-refractivity contribution in [2.45, 2.75) is 51.7 Å². The van der Waals surface area contributed by atoms with E-state index in [1.54, 1.807) is 0 Å². The molecule has 2 aliphatic carbocycles. The summed E-state index contributed by atoms with van der Waals surface area (Å²) in [6.45, 7) is 5.33. The number of hydrogen-bond acceptors (Lipinski definition) is 2. The molecule has 1 aromatic rings. The second-order valence-corrected chi connectivity index (χ2v) is 7.49. The van der Waals surface area contributed by atoms with E-state index < -0.39 is 0 Å². The summed E-state index contributed by atoms with van der Waals surface area (Å²) in [7, 11) is 0. The topological polar surface area (TPSA) is 59.6 Å². The summed E-state index contributed by atoms with van der Waals surface area (Å²) in [4.78, 5) is 4.77. The summed E-state index contributed by atoms with van der Waals surface area (Å²) in [5.74, 6) is 1.07. The van der Waals surface area contributed by atoms with Crippen LogP contribution in [0.15, 0.2) is 23.2 Å². The smallest absolute Gasteiger partial charge is 0.193 e. The zero-order valence-electron chi connectivity index (χ0n) is 13.8. The van der Waals surface area contributed by atoms with Crippen LogP contribution in [0.25, 0.3) is 0 Å². The minimum absolute atomic E-state index is 0. The molecular formula is C18H26IN3O. The number of nitrogens with one attached hydrogen (secondary N) is 1. The summed E-state index contributed by atoms with van der Waals surface area (Å²) < 4.78 is 5.82. The van der Waals surface area contributed by atoms with E-state index in [1.807, 2.05) is 0 Å². The second-order valence-electron chi connectivity index (χ2n) is 7.49. The van der Waals surface area contributed by atoms with Crippen molar-refractivity contribution in [2.75, 3.05) is 11.9 Å². The monoisotopic (exact) mass is 427 g/mol. The van der Waals surface area contributed by atoms with E-state index in [1.165, 1.54) is 30.4 Å². The molecule has 1 aliphatic heterocycles. The van der Waals surface area contributed by atoms with Crippen molar-refractivity contribution < 1.29 is 4.74 Å². The molecular weight excluding hydrogens is 401 g/mol. The van der Waals surface area contributed by atoms with Gasteiger partial charge < -0.3 is 15.8 Å². The van der Waals surface area contributed by atoms with Gasteiger partial charge in [-0.05, 0) is 48.9 Å². The molecule has 23 heavy (non-hydrogen) atoms. The number of rotatable bonds is 2. The standard InChI is InChI=1S/C18H25N3O.HI/c1-18(2)15(14-8-9-22-16(14)18)21-17(19)20-13-7-6-11-4-3-5-12(11)10-13;/h6-7,10,14-16H,3-5,8-9H2,1-2H3,(H3,19,20,21);1H. The molecule has 0 radical (unpaired) electrons. The van der Waals surface area contributed by atoms with Crippen molar-refractivity contribution in [3.05, 3.63) is 29.3 Å². The number of aliphatic imine (C=N–C) groups is 1. The lowest BCUT2D eigenvalue weighted by atomic mass is 9.57. The van der Waals surface area contributed by atoms with Gasteiger partial charge in [-0.15, -0.1) is 24.0 Å². The van der Waals surface area contributed by atoms with Gasteiger partial charge >= 0.3 is 0 Å². The maximum atomic E-state index is 6.16. The van der Waals surface area contributed by atoms with Crippen LogP contribution in [0.1, 0.15) is 37.8 Å². The van der Waals surface area contributed by atoms with Crippen molar-refractivity contribution >= 4 is 35.6 Å². The number of hydrogen-bond donors (Lipinski definition) is 2. The number of fused-ring (bicyclic) bond motifs is 2. The van der Waals surface area contributed by atoms with E-state index in [0.717, 1.165) is 18.7 Å². The van der Waals surface area contributed by atoms with E-state index in [4.69, 9.17) is 15.5 Å². The average Bonchev–Trinajstić information content (AvgIpc) is 3.12. The van der Waals surface area contributed by atoms with E-state index >= 15 is 0 Å². The number of anilines is 1. The van der Waals surface area contributed by atoms with Crippen molar-refractivity contribution in [1.82, 2.24) is 0 Å². The van der Waals surface area contributed by atoms with Crippen LogP contribution in [0.3, 0.4) is 0 Å². The van der Waals surface area contributed by atoms with Crippen LogP contribution in [0.5, 0.6) is 0 Å². The van der Waals surface area contributed by atoms with Gasteiger partial charge in [0.25, 0.3) is 0 Å². The van der Waals surface area contributed by atoms with Gasteiger partial charge in [0.15, 0.2) is 5.96 Å². The molecule has 0 amide bonds. The summed E-state index contributed by atoms with van der Waals surface area (Å²) >= 11 is 0. The molecule has 3 unspecified atom stereocenters. The van der Waals surface area contributed by atoms with Gasteiger partial charge in [-0.2, -0.15) is 0 Å². The van der Waals surface area contributed by atoms with Gasteiger partial charge in [-0.3, -0.25) is 0 Å². The van der Waals surface area contributed by atoms with Crippen LogP contribution in [0.2, 0.25) is 0 Å². The molecule has 2 fully saturated rings. The molecule has 1 saturated heterocycles. The van der Waals surface area contributed by atoms with Crippen molar-refractivity contribution in [1.29, 1.82) is 0 Å². The van der Waals surface area contributed by atoms with E-state index in [2.05, 4.69) is 37.4 Å². The highest BCUT2D eigenvalue weighted by Crippen LogP contribution is 2.53. The molecule has 5 heteroatoms. The first-order valence-electron chi connectivity index (χ1n) is 8.39.